The summed E-state index contributed by atoms with van der Waals surface area (Å²) in [7, 11) is 0. The van der Waals surface area contributed by atoms with Crippen molar-refractivity contribution in [2.75, 3.05) is 5.32 Å². The molecule has 0 saturated heterocycles. The summed E-state index contributed by atoms with van der Waals surface area (Å²) in [4.78, 5) is 0.397. The van der Waals surface area contributed by atoms with Gasteiger partial charge in [-0.25, -0.2) is 0 Å². The van der Waals surface area contributed by atoms with E-state index < -0.39 is 0 Å². The van der Waals surface area contributed by atoms with Crippen molar-refractivity contribution in [3.05, 3.63) is 45.1 Å². The van der Waals surface area contributed by atoms with Crippen molar-refractivity contribution >= 4 is 55.8 Å². The molecular formula is C11H9BrN2S2. The van der Waals surface area contributed by atoms with Gasteiger partial charge < -0.3 is 11.1 Å². The van der Waals surface area contributed by atoms with E-state index in [0.717, 1.165) is 21.4 Å². The van der Waals surface area contributed by atoms with E-state index in [0.29, 0.717) is 4.99 Å². The van der Waals surface area contributed by atoms with Crippen LogP contribution >= 0.6 is 39.5 Å². The number of halogens is 1. The van der Waals surface area contributed by atoms with Crippen LogP contribution < -0.4 is 11.1 Å². The molecule has 82 valence electrons. The third-order valence-corrected chi connectivity index (χ3v) is 3.60. The van der Waals surface area contributed by atoms with Gasteiger partial charge in [0.15, 0.2) is 0 Å². The molecule has 1 heterocycles. The molecule has 0 fully saturated rings. The zero-order chi connectivity index (χ0) is 11.5. The lowest BCUT2D eigenvalue weighted by Gasteiger charge is -2.07. The van der Waals surface area contributed by atoms with Gasteiger partial charge in [-0.1, -0.05) is 12.2 Å². The number of rotatable bonds is 3. The van der Waals surface area contributed by atoms with E-state index in [4.69, 9.17) is 18.0 Å². The van der Waals surface area contributed by atoms with E-state index in [1.54, 1.807) is 11.3 Å². The normalized spacial score (nSPS) is 10.1. The Kier molecular flexibility index (Phi) is 3.58. The molecule has 2 aromatic rings. The van der Waals surface area contributed by atoms with Crippen LogP contribution in [0.4, 0.5) is 11.4 Å². The molecule has 0 unspecified atom stereocenters. The molecule has 0 aliphatic heterocycles. The second-order valence-electron chi connectivity index (χ2n) is 3.20. The molecule has 0 radical (unpaired) electrons. The third kappa shape index (κ3) is 2.61. The Labute approximate surface area is 112 Å². The lowest BCUT2D eigenvalue weighted by Crippen LogP contribution is -2.10. The van der Waals surface area contributed by atoms with Gasteiger partial charge in [-0.05, 0) is 45.6 Å². The first kappa shape index (κ1) is 11.6. The van der Waals surface area contributed by atoms with E-state index in [1.807, 2.05) is 29.6 Å². The van der Waals surface area contributed by atoms with Crippen molar-refractivity contribution in [2.24, 2.45) is 5.73 Å². The second-order valence-corrected chi connectivity index (χ2v) is 5.27. The first-order chi connectivity index (χ1) is 7.66. The standard InChI is InChI=1S/C11H9BrN2S2/c12-10-5-7(1-2-9(10)11(13)15)14-8-3-4-16-6-8/h1-6,14H,(H2,13,15). The van der Waals surface area contributed by atoms with Crippen molar-refractivity contribution < 1.29 is 0 Å². The minimum absolute atomic E-state index is 0.397. The first-order valence-electron chi connectivity index (χ1n) is 4.55. The first-order valence-corrected chi connectivity index (χ1v) is 6.70. The minimum atomic E-state index is 0.397. The average molecular weight is 313 g/mol. The molecule has 0 aliphatic rings. The molecule has 0 spiro atoms. The molecule has 0 atom stereocenters. The van der Waals surface area contributed by atoms with E-state index >= 15 is 0 Å². The van der Waals surface area contributed by atoms with Crippen LogP contribution in [0.1, 0.15) is 5.56 Å². The highest BCUT2D eigenvalue weighted by atomic mass is 79.9. The Balaban J connectivity index is 2.24. The number of anilines is 2. The number of benzene rings is 1. The number of hydrogen-bond donors (Lipinski definition) is 2. The van der Waals surface area contributed by atoms with Crippen molar-refractivity contribution in [3.63, 3.8) is 0 Å². The molecule has 0 aliphatic carbocycles. The Hall–Kier alpha value is -0.910. The van der Waals surface area contributed by atoms with Crippen LogP contribution in [0.15, 0.2) is 39.5 Å². The van der Waals surface area contributed by atoms with Crippen molar-refractivity contribution in [1.82, 2.24) is 0 Å². The number of hydrogen-bond acceptors (Lipinski definition) is 3. The fourth-order valence-corrected chi connectivity index (χ4v) is 2.78. The minimum Gasteiger partial charge on any atom is -0.389 e. The van der Waals surface area contributed by atoms with E-state index in [-0.39, 0.29) is 0 Å². The Morgan fingerprint density at radius 2 is 2.12 bits per heavy atom. The Morgan fingerprint density at radius 1 is 1.31 bits per heavy atom. The molecule has 5 heteroatoms. The molecule has 0 amide bonds. The highest BCUT2D eigenvalue weighted by Crippen LogP contribution is 2.25. The fraction of sp³-hybridized carbons (Fsp3) is 0. The summed E-state index contributed by atoms with van der Waals surface area (Å²) in [5.74, 6) is 0. The SMILES string of the molecule is NC(=S)c1ccc(Nc2ccsc2)cc1Br. The zero-order valence-corrected chi connectivity index (χ0v) is 11.5. The lowest BCUT2D eigenvalue weighted by molar-refractivity contribution is 1.53. The maximum atomic E-state index is 5.58. The van der Waals surface area contributed by atoms with Crippen LogP contribution in [0.3, 0.4) is 0 Å². The van der Waals surface area contributed by atoms with Gasteiger partial charge in [0, 0.05) is 26.8 Å². The fourth-order valence-electron chi connectivity index (χ4n) is 1.29. The van der Waals surface area contributed by atoms with Crippen LogP contribution in [-0.2, 0) is 0 Å². The number of nitrogens with two attached hydrogens (primary N) is 1. The molecule has 3 N–H and O–H groups in total. The monoisotopic (exact) mass is 312 g/mol. The summed E-state index contributed by atoms with van der Waals surface area (Å²) in [6.07, 6.45) is 0. The topological polar surface area (TPSA) is 38.0 Å². The van der Waals surface area contributed by atoms with Gasteiger partial charge >= 0.3 is 0 Å². The number of thiophene rings is 1. The van der Waals surface area contributed by atoms with Crippen LogP contribution in [0.2, 0.25) is 0 Å². The second kappa shape index (κ2) is 4.95. The molecule has 2 nitrogen and oxygen atoms in total. The molecule has 1 aromatic heterocycles. The summed E-state index contributed by atoms with van der Waals surface area (Å²) >= 11 is 10.0. The summed E-state index contributed by atoms with van der Waals surface area (Å²) in [5, 5.41) is 7.37. The quantitative estimate of drug-likeness (QED) is 0.844. The predicted octanol–water partition coefficient (Wildman–Crippen LogP) is 3.89. The Bertz CT molecular complexity index is 509. The van der Waals surface area contributed by atoms with Gasteiger partial charge in [-0.3, -0.25) is 0 Å². The molecular weight excluding hydrogens is 304 g/mol. The molecule has 2 rings (SSSR count). The lowest BCUT2D eigenvalue weighted by atomic mass is 10.2. The predicted molar refractivity (Wildman–Crippen MR) is 77.6 cm³/mol. The molecule has 16 heavy (non-hydrogen) atoms. The smallest absolute Gasteiger partial charge is 0.105 e. The summed E-state index contributed by atoms with van der Waals surface area (Å²) < 4.78 is 0.903. The van der Waals surface area contributed by atoms with Gasteiger partial charge in [-0.15, -0.1) is 0 Å². The molecule has 0 bridgehead atoms. The zero-order valence-electron chi connectivity index (χ0n) is 8.24. The van der Waals surface area contributed by atoms with Gasteiger partial charge in [0.1, 0.15) is 4.99 Å². The van der Waals surface area contributed by atoms with Crippen molar-refractivity contribution in [1.29, 1.82) is 0 Å². The highest BCUT2D eigenvalue weighted by molar-refractivity contribution is 9.10. The van der Waals surface area contributed by atoms with Crippen LogP contribution in [-0.4, -0.2) is 4.99 Å². The van der Waals surface area contributed by atoms with Gasteiger partial charge in [-0.2, -0.15) is 11.3 Å². The third-order valence-electron chi connectivity index (χ3n) is 2.04. The van der Waals surface area contributed by atoms with Gasteiger partial charge in [0.2, 0.25) is 0 Å². The van der Waals surface area contributed by atoms with Crippen LogP contribution in [0, 0.1) is 0 Å². The summed E-state index contributed by atoms with van der Waals surface area (Å²) in [6, 6.07) is 7.85. The number of nitrogens with one attached hydrogen (secondary N) is 1. The Morgan fingerprint density at radius 3 is 2.69 bits per heavy atom. The highest BCUT2D eigenvalue weighted by Gasteiger charge is 2.04. The maximum Gasteiger partial charge on any atom is 0.105 e. The average Bonchev–Trinajstić information content (AvgIpc) is 2.70. The van der Waals surface area contributed by atoms with E-state index in [9.17, 15) is 0 Å². The van der Waals surface area contributed by atoms with Gasteiger partial charge in [0.25, 0.3) is 0 Å². The molecule has 1 aromatic carbocycles. The summed E-state index contributed by atoms with van der Waals surface area (Å²) in [6.45, 7) is 0. The van der Waals surface area contributed by atoms with E-state index in [1.165, 1.54) is 0 Å². The summed E-state index contributed by atoms with van der Waals surface area (Å²) in [5.41, 5.74) is 8.52. The van der Waals surface area contributed by atoms with Gasteiger partial charge in [0.05, 0.1) is 0 Å². The van der Waals surface area contributed by atoms with Crippen molar-refractivity contribution in [2.45, 2.75) is 0 Å². The molecule has 0 saturated carbocycles. The van der Waals surface area contributed by atoms with Crippen LogP contribution in [0.25, 0.3) is 0 Å². The largest absolute Gasteiger partial charge is 0.389 e. The number of thiocarbonyl (C=S) groups is 1. The van der Waals surface area contributed by atoms with E-state index in [2.05, 4.69) is 26.6 Å². The maximum absolute atomic E-state index is 5.58. The van der Waals surface area contributed by atoms with Crippen molar-refractivity contribution in [3.8, 4) is 0 Å². The van der Waals surface area contributed by atoms with Crippen LogP contribution in [0.5, 0.6) is 0 Å².